The van der Waals surface area contributed by atoms with Gasteiger partial charge in [0.2, 0.25) is 23.1 Å². The van der Waals surface area contributed by atoms with E-state index in [4.69, 9.17) is 11.0 Å². The molecule has 4 nitrogen and oxygen atoms in total. The minimum absolute atomic E-state index is 0.0720. The van der Waals surface area contributed by atoms with Crippen LogP contribution in [0.5, 0.6) is 0 Å². The summed E-state index contributed by atoms with van der Waals surface area (Å²) >= 11 is 0. The number of nitrogens with zero attached hydrogens (tertiary/aromatic N) is 3. The molecule has 5 aromatic heterocycles. The van der Waals surface area contributed by atoms with Crippen molar-refractivity contribution in [1.82, 2.24) is 4.40 Å². The van der Waals surface area contributed by atoms with Gasteiger partial charge in [-0.25, -0.2) is 0 Å². The fraction of sp³-hybridized carbons (Fsp3) is 0.0769. The van der Waals surface area contributed by atoms with Gasteiger partial charge in [-0.15, -0.1) is 0 Å². The van der Waals surface area contributed by atoms with Gasteiger partial charge >= 0.3 is 0 Å². The normalized spacial score (nSPS) is 16.5. The number of pyridine rings is 2. The van der Waals surface area contributed by atoms with Crippen LogP contribution in [0.4, 0.5) is 0 Å². The molecule has 0 spiro atoms. The van der Waals surface area contributed by atoms with Crippen LogP contribution in [0.2, 0.25) is 0 Å². The van der Waals surface area contributed by atoms with Crippen molar-refractivity contribution in [1.29, 1.82) is 0 Å². The van der Waals surface area contributed by atoms with Crippen LogP contribution in [0, 0.1) is 0 Å². The van der Waals surface area contributed by atoms with Gasteiger partial charge in [-0.05, 0) is 102 Å². The summed E-state index contributed by atoms with van der Waals surface area (Å²) in [4.78, 5) is 0. The van der Waals surface area contributed by atoms with Gasteiger partial charge in [-0.1, -0.05) is 66.7 Å². The van der Waals surface area contributed by atoms with Gasteiger partial charge in [-0.2, -0.15) is 9.13 Å². The van der Waals surface area contributed by atoms with Crippen LogP contribution in [-0.2, 0) is 6.42 Å². The number of benzene rings is 6. The van der Waals surface area contributed by atoms with Crippen LogP contribution < -0.4 is 9.13 Å². The van der Waals surface area contributed by atoms with Crippen LogP contribution in [0.25, 0.3) is 99.4 Å². The largest absolute Gasteiger partial charge is 0.456 e. The lowest BCUT2D eigenvalue weighted by molar-refractivity contribution is -0.727. The quantitative estimate of drug-likeness (QED) is 0.155. The zero-order valence-corrected chi connectivity index (χ0v) is 30.6. The third kappa shape index (κ3) is 3.93. The van der Waals surface area contributed by atoms with Crippen molar-refractivity contribution in [2.45, 2.75) is 24.8 Å². The van der Waals surface area contributed by atoms with Gasteiger partial charge in [0, 0.05) is 62.1 Å². The highest BCUT2D eigenvalue weighted by atomic mass is 16.3. The Balaban J connectivity index is 1.14. The first-order chi connectivity index (χ1) is 27.7. The van der Waals surface area contributed by atoms with Gasteiger partial charge in [0.05, 0.1) is 28.0 Å². The zero-order valence-electron chi connectivity index (χ0n) is 30.6. The molecule has 0 saturated heterocycles. The van der Waals surface area contributed by atoms with Gasteiger partial charge < -0.3 is 8.82 Å². The fourth-order valence-electron chi connectivity index (χ4n) is 10.6. The third-order valence-corrected chi connectivity index (χ3v) is 12.9. The second kappa shape index (κ2) is 11.0. The molecule has 4 heteroatoms. The van der Waals surface area contributed by atoms with Crippen molar-refractivity contribution in [2.24, 2.45) is 0 Å². The minimum atomic E-state index is 0.0720. The maximum Gasteiger partial charge on any atom is 0.249 e. The van der Waals surface area contributed by atoms with Gasteiger partial charge in [-0.3, -0.25) is 0 Å². The second-order valence-corrected chi connectivity index (χ2v) is 15.7. The predicted molar refractivity (Wildman–Crippen MR) is 227 cm³/mol. The number of rotatable bonds is 1. The summed E-state index contributed by atoms with van der Waals surface area (Å²) in [5.41, 5.74) is 16.9. The molecule has 2 aliphatic heterocycles. The van der Waals surface area contributed by atoms with E-state index < -0.39 is 0 Å². The van der Waals surface area contributed by atoms with Crippen molar-refractivity contribution in [3.63, 3.8) is 0 Å². The van der Waals surface area contributed by atoms with E-state index in [1.165, 1.54) is 88.2 Å². The van der Waals surface area contributed by atoms with E-state index in [2.05, 4.69) is 178 Å². The van der Waals surface area contributed by atoms with Gasteiger partial charge in [0.15, 0.2) is 12.4 Å². The van der Waals surface area contributed by atoms with E-state index in [0.717, 1.165) is 35.1 Å². The molecule has 2 aliphatic rings. The molecule has 0 saturated carbocycles. The Morgan fingerprint density at radius 1 is 0.571 bits per heavy atom. The Bertz CT molecular complexity index is 3460. The summed E-state index contributed by atoms with van der Waals surface area (Å²) < 4.78 is 13.9. The van der Waals surface area contributed by atoms with Gasteiger partial charge in [0.1, 0.15) is 11.2 Å². The molecule has 0 amide bonds. The lowest BCUT2D eigenvalue weighted by Crippen LogP contribution is -2.53. The summed E-state index contributed by atoms with van der Waals surface area (Å²) in [6, 6.07) is 55.8. The molecule has 7 heterocycles. The molecule has 262 valence electrons. The number of hydrogen-bond donors (Lipinski definition) is 0. The summed E-state index contributed by atoms with van der Waals surface area (Å²) in [6.45, 7) is 4.91. The Hall–Kier alpha value is -7.04. The molecule has 2 atom stereocenters. The van der Waals surface area contributed by atoms with Crippen LogP contribution >= 0.6 is 0 Å². The highest BCUT2D eigenvalue weighted by Gasteiger charge is 2.46. The lowest BCUT2D eigenvalue weighted by Gasteiger charge is -2.29. The second-order valence-electron chi connectivity index (χ2n) is 15.7. The van der Waals surface area contributed by atoms with Crippen LogP contribution in [0.1, 0.15) is 29.5 Å². The van der Waals surface area contributed by atoms with E-state index in [0.29, 0.717) is 0 Å². The fourth-order valence-corrected chi connectivity index (χ4v) is 10.6. The van der Waals surface area contributed by atoms with Crippen molar-refractivity contribution < 1.29 is 13.6 Å². The van der Waals surface area contributed by atoms with E-state index in [-0.39, 0.29) is 12.0 Å². The molecule has 0 aliphatic carbocycles. The molecule has 0 fully saturated rings. The molecule has 11 aromatic rings. The first-order valence-corrected chi connectivity index (χ1v) is 19.7. The maximum absolute atomic E-state index is 6.48. The molecular weight excluding hydrogens is 683 g/mol. The number of allylic oxidation sites excluding steroid dienone is 1. The van der Waals surface area contributed by atoms with E-state index in [1.54, 1.807) is 0 Å². The number of aryl methyl sites for hydroxylation is 1. The average molecular weight is 718 g/mol. The van der Waals surface area contributed by atoms with Crippen LogP contribution in [-0.4, -0.2) is 4.40 Å². The molecule has 0 bridgehead atoms. The van der Waals surface area contributed by atoms with E-state index in [1.807, 2.05) is 0 Å². The number of fused-ring (bicyclic) bond motifs is 19. The smallest absolute Gasteiger partial charge is 0.249 e. The van der Waals surface area contributed by atoms with Crippen molar-refractivity contribution in [3.8, 4) is 33.6 Å². The monoisotopic (exact) mass is 717 g/mol. The summed E-state index contributed by atoms with van der Waals surface area (Å²) in [5, 5.41) is 7.39. The number of para-hydroxylation sites is 1. The molecular formula is C52H35N3O+2. The van der Waals surface area contributed by atoms with Gasteiger partial charge in [0.25, 0.3) is 0 Å². The molecule has 13 rings (SSSR count). The molecule has 2 unspecified atom stereocenters. The number of furan rings is 1. The van der Waals surface area contributed by atoms with Crippen LogP contribution in [0.3, 0.4) is 0 Å². The lowest BCUT2D eigenvalue weighted by atomic mass is 9.78. The number of aromatic nitrogens is 3. The topological polar surface area (TPSA) is 25.3 Å². The summed E-state index contributed by atoms with van der Waals surface area (Å²) in [5.74, 6) is 0.255. The van der Waals surface area contributed by atoms with Crippen molar-refractivity contribution in [3.05, 3.63) is 182 Å². The highest BCUT2D eigenvalue weighted by Crippen LogP contribution is 2.49. The Morgan fingerprint density at radius 2 is 1.36 bits per heavy atom. The molecule has 0 N–H and O–H groups in total. The predicted octanol–water partition coefficient (Wildman–Crippen LogP) is 12.1. The zero-order chi connectivity index (χ0) is 36.6. The highest BCUT2D eigenvalue weighted by molar-refractivity contribution is 6.32. The van der Waals surface area contributed by atoms with E-state index in [9.17, 15) is 0 Å². The third-order valence-electron chi connectivity index (χ3n) is 12.9. The molecule has 0 radical (unpaired) electrons. The standard InChI is InChI=1S/C52H35N3O/c1-31-51-37(35-15-5-6-16-36(35)43-18-10-12-26-54(43)51)22-21-33-29-46-40(30-39(33)44-19-9-11-25-53(31)44)41-27-34(32-13-3-2-4-14-32)28-42-49-45(55(46)52(41)42)23-24-48-50(49)38-17-7-8-20-47(38)56-48/h2-20,23-30,37,51H,1,21-22H2/q+2. The SMILES string of the molecule is C=C1C2C(CCc3cc4c(cc3-c3cccc[n+]31)c1cc(-c3ccccc3)cc3c5c6c(ccc5n4c13)oc1ccccc16)c1ccccc1-c1cccc[n+]12. The number of hydrogen-bond acceptors (Lipinski definition) is 1. The minimum Gasteiger partial charge on any atom is -0.456 e. The Labute approximate surface area is 322 Å². The van der Waals surface area contributed by atoms with Crippen molar-refractivity contribution >= 4 is 65.7 Å². The molecule has 6 aromatic carbocycles. The Kier molecular flexibility index (Phi) is 5.96. The maximum atomic E-state index is 6.48. The Morgan fingerprint density at radius 3 is 2.29 bits per heavy atom. The summed E-state index contributed by atoms with van der Waals surface area (Å²) in [7, 11) is 0. The first kappa shape index (κ1) is 30.3. The molecule has 56 heavy (non-hydrogen) atoms. The summed E-state index contributed by atoms with van der Waals surface area (Å²) in [6.07, 6.45) is 6.40. The average Bonchev–Trinajstić information content (AvgIpc) is 3.92. The first-order valence-electron chi connectivity index (χ1n) is 19.7. The van der Waals surface area contributed by atoms with Crippen molar-refractivity contribution in [2.75, 3.05) is 0 Å². The van der Waals surface area contributed by atoms with Crippen LogP contribution in [0.15, 0.2) is 175 Å². The van der Waals surface area contributed by atoms with E-state index >= 15 is 0 Å².